The molecule has 0 saturated carbocycles. The van der Waals surface area contributed by atoms with Gasteiger partial charge in [0.2, 0.25) is 0 Å². The van der Waals surface area contributed by atoms with Crippen LogP contribution >= 0.6 is 0 Å². The summed E-state index contributed by atoms with van der Waals surface area (Å²) in [5, 5.41) is 10.8. The number of nitrogens with zero attached hydrogens (tertiary/aromatic N) is 1. The number of carbonyl (C=O) groups excluding carboxylic acids is 1. The van der Waals surface area contributed by atoms with Crippen molar-refractivity contribution in [1.29, 1.82) is 0 Å². The van der Waals surface area contributed by atoms with E-state index in [0.29, 0.717) is 23.2 Å². The normalized spacial score (nSPS) is 10.5. The lowest BCUT2D eigenvalue weighted by Crippen LogP contribution is -2.05. The van der Waals surface area contributed by atoms with Gasteiger partial charge in [-0.15, -0.1) is 0 Å². The van der Waals surface area contributed by atoms with Crippen molar-refractivity contribution >= 4 is 5.97 Å². The number of pyridine rings is 1. The third-order valence-corrected chi connectivity index (χ3v) is 4.84. The minimum absolute atomic E-state index is 0.121. The molecule has 0 saturated heterocycles. The molecule has 0 unspecified atom stereocenters. The molecule has 0 aliphatic carbocycles. The maximum absolute atomic E-state index is 12.5. The summed E-state index contributed by atoms with van der Waals surface area (Å²) in [4.78, 5) is 16.8. The molecular weight excluding hydrogens is 374 g/mol. The fourth-order valence-corrected chi connectivity index (χ4v) is 3.27. The fourth-order valence-electron chi connectivity index (χ4n) is 3.27. The van der Waals surface area contributed by atoms with Gasteiger partial charge in [-0.3, -0.25) is 4.98 Å². The fraction of sp³-hybridized carbons (Fsp3) is 0.0769. The third kappa shape index (κ3) is 4.55. The minimum Gasteiger partial charge on any atom is -0.505 e. The van der Waals surface area contributed by atoms with Gasteiger partial charge in [-0.2, -0.15) is 0 Å². The summed E-state index contributed by atoms with van der Waals surface area (Å²) in [5.41, 5.74) is 4.39. The van der Waals surface area contributed by atoms with Gasteiger partial charge in [0.05, 0.1) is 11.3 Å². The molecule has 1 aromatic heterocycles. The summed E-state index contributed by atoms with van der Waals surface area (Å²) in [7, 11) is 0. The molecule has 1 heterocycles. The molecule has 4 aromatic rings. The van der Waals surface area contributed by atoms with Crippen LogP contribution in [0, 0.1) is 0 Å². The molecule has 30 heavy (non-hydrogen) atoms. The van der Waals surface area contributed by atoms with Crippen LogP contribution in [0.3, 0.4) is 0 Å². The Morgan fingerprint density at radius 2 is 1.53 bits per heavy atom. The number of esters is 1. The van der Waals surface area contributed by atoms with Crippen LogP contribution in [0.25, 0.3) is 11.1 Å². The molecule has 0 atom stereocenters. The highest BCUT2D eigenvalue weighted by Gasteiger charge is 2.14. The standard InChI is InChI=1S/C26H21NO3/c28-25-23(14-15-27-24(25)16-19-8-3-1-4-9-19)21-12-7-13-22(17-21)26(29)30-18-20-10-5-2-6-11-20/h1-15,17,28H,16,18H2. The highest BCUT2D eigenvalue weighted by Crippen LogP contribution is 2.32. The first kappa shape index (κ1) is 19.4. The van der Waals surface area contributed by atoms with E-state index in [-0.39, 0.29) is 12.4 Å². The first-order valence-electron chi connectivity index (χ1n) is 9.73. The lowest BCUT2D eigenvalue weighted by Gasteiger charge is -2.11. The van der Waals surface area contributed by atoms with E-state index in [1.807, 2.05) is 66.7 Å². The van der Waals surface area contributed by atoms with Crippen LogP contribution < -0.4 is 0 Å². The molecule has 3 aromatic carbocycles. The average molecular weight is 395 g/mol. The predicted molar refractivity (Wildman–Crippen MR) is 116 cm³/mol. The topological polar surface area (TPSA) is 59.4 Å². The number of benzene rings is 3. The van der Waals surface area contributed by atoms with Gasteiger partial charge in [0.1, 0.15) is 12.4 Å². The van der Waals surface area contributed by atoms with Crippen molar-refractivity contribution in [1.82, 2.24) is 4.98 Å². The van der Waals surface area contributed by atoms with Crippen molar-refractivity contribution in [2.45, 2.75) is 13.0 Å². The van der Waals surface area contributed by atoms with Crippen LogP contribution in [0.15, 0.2) is 97.2 Å². The van der Waals surface area contributed by atoms with E-state index in [2.05, 4.69) is 4.98 Å². The Morgan fingerprint density at radius 1 is 0.833 bits per heavy atom. The summed E-state index contributed by atoms with van der Waals surface area (Å²) in [6.07, 6.45) is 2.20. The summed E-state index contributed by atoms with van der Waals surface area (Å²) in [6, 6.07) is 28.2. The second kappa shape index (κ2) is 9.05. The zero-order valence-corrected chi connectivity index (χ0v) is 16.4. The summed E-state index contributed by atoms with van der Waals surface area (Å²) >= 11 is 0. The number of rotatable bonds is 6. The van der Waals surface area contributed by atoms with Crippen molar-refractivity contribution in [2.75, 3.05) is 0 Å². The smallest absolute Gasteiger partial charge is 0.338 e. The molecule has 0 spiro atoms. The Hall–Kier alpha value is -3.92. The largest absolute Gasteiger partial charge is 0.505 e. The van der Waals surface area contributed by atoms with Crippen molar-refractivity contribution in [3.8, 4) is 16.9 Å². The molecule has 0 radical (unpaired) electrons. The molecule has 148 valence electrons. The quantitative estimate of drug-likeness (QED) is 0.444. The maximum Gasteiger partial charge on any atom is 0.338 e. The number of hydrogen-bond acceptors (Lipinski definition) is 4. The van der Waals surface area contributed by atoms with Crippen molar-refractivity contribution in [3.63, 3.8) is 0 Å². The number of carbonyl (C=O) groups is 1. The van der Waals surface area contributed by atoms with Gasteiger partial charge in [0.15, 0.2) is 0 Å². The van der Waals surface area contributed by atoms with Crippen molar-refractivity contribution in [3.05, 3.63) is 120 Å². The molecule has 4 rings (SSSR count). The number of aromatic nitrogens is 1. The van der Waals surface area contributed by atoms with E-state index in [1.54, 1.807) is 30.5 Å². The Morgan fingerprint density at radius 3 is 2.27 bits per heavy atom. The van der Waals surface area contributed by atoms with Crippen LogP contribution in [0.1, 0.15) is 27.2 Å². The van der Waals surface area contributed by atoms with Gasteiger partial charge in [-0.25, -0.2) is 4.79 Å². The van der Waals surface area contributed by atoms with Crippen LogP contribution in [0.2, 0.25) is 0 Å². The van der Waals surface area contributed by atoms with Crippen molar-refractivity contribution in [2.24, 2.45) is 0 Å². The Labute approximate surface area is 175 Å². The molecule has 0 aliphatic rings. The Balaban J connectivity index is 1.55. The Kier molecular flexibility index (Phi) is 5.85. The minimum atomic E-state index is -0.404. The SMILES string of the molecule is O=C(OCc1ccccc1)c1cccc(-c2ccnc(Cc3ccccc3)c2O)c1. The second-order valence-electron chi connectivity index (χ2n) is 6.96. The molecule has 4 nitrogen and oxygen atoms in total. The van der Waals surface area contributed by atoms with Crippen LogP contribution in [0.4, 0.5) is 0 Å². The molecule has 0 aliphatic heterocycles. The monoisotopic (exact) mass is 395 g/mol. The molecule has 0 amide bonds. The van der Waals surface area contributed by atoms with Crippen LogP contribution in [-0.2, 0) is 17.8 Å². The van der Waals surface area contributed by atoms with E-state index in [0.717, 1.165) is 16.7 Å². The van der Waals surface area contributed by atoms with Crippen LogP contribution in [0.5, 0.6) is 5.75 Å². The van der Waals surface area contributed by atoms with Gasteiger partial charge in [0, 0.05) is 18.2 Å². The third-order valence-electron chi connectivity index (χ3n) is 4.84. The highest BCUT2D eigenvalue weighted by molar-refractivity contribution is 5.91. The Bertz CT molecular complexity index is 1140. The van der Waals surface area contributed by atoms with Gasteiger partial charge < -0.3 is 9.84 Å². The first-order valence-corrected chi connectivity index (χ1v) is 9.73. The van der Waals surface area contributed by atoms with E-state index in [9.17, 15) is 9.90 Å². The van der Waals surface area contributed by atoms with Crippen LogP contribution in [-0.4, -0.2) is 16.1 Å². The van der Waals surface area contributed by atoms with E-state index in [4.69, 9.17) is 4.74 Å². The average Bonchev–Trinajstić information content (AvgIpc) is 2.80. The molecule has 0 bridgehead atoms. The maximum atomic E-state index is 12.5. The number of ether oxygens (including phenoxy) is 1. The number of hydrogen-bond donors (Lipinski definition) is 1. The zero-order valence-electron chi connectivity index (χ0n) is 16.4. The first-order chi connectivity index (χ1) is 14.7. The second-order valence-corrected chi connectivity index (χ2v) is 6.96. The van der Waals surface area contributed by atoms with Gasteiger partial charge in [-0.1, -0.05) is 72.8 Å². The summed E-state index contributed by atoms with van der Waals surface area (Å²) < 4.78 is 5.42. The molecular formula is C26H21NO3. The lowest BCUT2D eigenvalue weighted by atomic mass is 10.00. The summed E-state index contributed by atoms with van der Waals surface area (Å²) in [6.45, 7) is 0.214. The van der Waals surface area contributed by atoms with E-state index >= 15 is 0 Å². The van der Waals surface area contributed by atoms with Gasteiger partial charge in [-0.05, 0) is 34.9 Å². The van der Waals surface area contributed by atoms with Gasteiger partial charge >= 0.3 is 5.97 Å². The molecule has 1 N–H and O–H groups in total. The van der Waals surface area contributed by atoms with E-state index in [1.165, 1.54) is 0 Å². The number of aromatic hydroxyl groups is 1. The lowest BCUT2D eigenvalue weighted by molar-refractivity contribution is 0.0473. The summed E-state index contributed by atoms with van der Waals surface area (Å²) in [5.74, 6) is -0.282. The highest BCUT2D eigenvalue weighted by atomic mass is 16.5. The molecule has 0 fully saturated rings. The predicted octanol–water partition coefficient (Wildman–Crippen LogP) is 5.40. The zero-order chi connectivity index (χ0) is 20.8. The van der Waals surface area contributed by atoms with E-state index < -0.39 is 5.97 Å². The molecule has 4 heteroatoms. The van der Waals surface area contributed by atoms with Crippen molar-refractivity contribution < 1.29 is 14.6 Å². The van der Waals surface area contributed by atoms with Gasteiger partial charge in [0.25, 0.3) is 0 Å².